The number of hydrogen-bond donors (Lipinski definition) is 5. The highest BCUT2D eigenvalue weighted by Crippen LogP contribution is 2.65. The summed E-state index contributed by atoms with van der Waals surface area (Å²) < 4.78 is 0. The van der Waals surface area contributed by atoms with Crippen LogP contribution < -0.4 is 0 Å². The van der Waals surface area contributed by atoms with Crippen LogP contribution in [0.5, 0.6) is 0 Å². The van der Waals surface area contributed by atoms with Crippen LogP contribution in [0.2, 0.25) is 0 Å². The second-order valence-electron chi connectivity index (χ2n) is 12.6. The first-order valence-corrected chi connectivity index (χ1v) is 12.6. The molecule has 0 aromatic carbocycles. The van der Waals surface area contributed by atoms with E-state index in [0.717, 1.165) is 30.4 Å². The van der Waals surface area contributed by atoms with E-state index < -0.39 is 34.9 Å². The summed E-state index contributed by atoms with van der Waals surface area (Å²) in [6.07, 6.45) is 5.00. The van der Waals surface area contributed by atoms with Gasteiger partial charge in [-0.2, -0.15) is 0 Å². The molecule has 0 amide bonds. The molecule has 6 nitrogen and oxygen atoms in total. The molecule has 33 heavy (non-hydrogen) atoms. The summed E-state index contributed by atoms with van der Waals surface area (Å²) >= 11 is 0. The van der Waals surface area contributed by atoms with E-state index in [4.69, 9.17) is 0 Å². The quantitative estimate of drug-likeness (QED) is 0.429. The van der Waals surface area contributed by atoms with Gasteiger partial charge in [0.25, 0.3) is 0 Å². The van der Waals surface area contributed by atoms with Crippen LogP contribution in [0, 0.1) is 28.6 Å². The summed E-state index contributed by atoms with van der Waals surface area (Å²) in [5, 5.41) is 53.2. The number of carbonyl (C=O) groups excluding carboxylic acids is 1. The summed E-state index contributed by atoms with van der Waals surface area (Å²) in [5.41, 5.74) is -0.849. The minimum absolute atomic E-state index is 0.0280. The standard InChI is InChI=1S/C27H42O6/c1-24(2,32)10-9-23(31)27(5,33)22-7-6-16-15-12-19(28)18-13-20(29)21(30)14-26(18,4)17(15)8-11-25(16,22)3/h8,12,16,18,20-23,29-33H,6-7,9-11,13-14H2,1-5H3/t16-,18-,20+,21-,22-,23+,25-,26+,27+/m0/s1. The van der Waals surface area contributed by atoms with Gasteiger partial charge in [-0.25, -0.2) is 0 Å². The van der Waals surface area contributed by atoms with Gasteiger partial charge in [0, 0.05) is 11.3 Å². The van der Waals surface area contributed by atoms with E-state index in [1.54, 1.807) is 26.8 Å². The van der Waals surface area contributed by atoms with Gasteiger partial charge in [-0.15, -0.1) is 0 Å². The maximum absolute atomic E-state index is 13.2. The van der Waals surface area contributed by atoms with Crippen molar-refractivity contribution in [2.75, 3.05) is 0 Å². The molecule has 5 N–H and O–H groups in total. The molecular formula is C27H42O6. The zero-order valence-electron chi connectivity index (χ0n) is 20.7. The molecule has 0 bridgehead atoms. The number of aliphatic hydroxyl groups is 5. The molecule has 6 heteroatoms. The van der Waals surface area contributed by atoms with Gasteiger partial charge in [-0.3, -0.25) is 4.79 Å². The fourth-order valence-corrected chi connectivity index (χ4v) is 7.73. The maximum atomic E-state index is 13.2. The molecule has 4 aliphatic carbocycles. The van der Waals surface area contributed by atoms with Gasteiger partial charge in [0.15, 0.2) is 5.78 Å². The Kier molecular flexibility index (Phi) is 6.07. The Morgan fingerprint density at radius 1 is 1.09 bits per heavy atom. The lowest BCUT2D eigenvalue weighted by Gasteiger charge is -2.54. The molecule has 0 unspecified atom stereocenters. The van der Waals surface area contributed by atoms with Crippen LogP contribution in [0.4, 0.5) is 0 Å². The molecule has 4 aliphatic rings. The number of fused-ring (bicyclic) bond motifs is 5. The molecule has 0 heterocycles. The van der Waals surface area contributed by atoms with E-state index >= 15 is 0 Å². The van der Waals surface area contributed by atoms with Gasteiger partial charge in [0.2, 0.25) is 0 Å². The van der Waals surface area contributed by atoms with E-state index in [1.807, 2.05) is 0 Å². The molecule has 2 fully saturated rings. The topological polar surface area (TPSA) is 118 Å². The second kappa shape index (κ2) is 7.99. The number of rotatable bonds is 5. The van der Waals surface area contributed by atoms with Gasteiger partial charge in [0.05, 0.1) is 29.5 Å². The Morgan fingerprint density at radius 2 is 1.76 bits per heavy atom. The molecule has 0 saturated heterocycles. The lowest BCUT2D eigenvalue weighted by atomic mass is 9.50. The second-order valence-corrected chi connectivity index (χ2v) is 12.6. The van der Waals surface area contributed by atoms with Crippen LogP contribution in [0.25, 0.3) is 0 Å². The van der Waals surface area contributed by atoms with Crippen molar-refractivity contribution in [3.63, 3.8) is 0 Å². The summed E-state index contributed by atoms with van der Waals surface area (Å²) in [7, 11) is 0. The van der Waals surface area contributed by atoms with Crippen molar-refractivity contribution in [1.82, 2.24) is 0 Å². The number of ketones is 1. The molecule has 9 atom stereocenters. The first-order chi connectivity index (χ1) is 15.1. The number of aliphatic hydroxyl groups excluding tert-OH is 3. The predicted octanol–water partition coefficient (Wildman–Crippen LogP) is 2.66. The van der Waals surface area contributed by atoms with Gasteiger partial charge in [-0.05, 0) is 100 Å². The van der Waals surface area contributed by atoms with E-state index in [9.17, 15) is 30.3 Å². The van der Waals surface area contributed by atoms with Crippen LogP contribution in [-0.2, 0) is 4.79 Å². The summed E-state index contributed by atoms with van der Waals surface area (Å²) in [6, 6.07) is 0. The summed E-state index contributed by atoms with van der Waals surface area (Å²) in [5.74, 6) is -0.342. The van der Waals surface area contributed by atoms with Crippen LogP contribution in [0.1, 0.15) is 79.6 Å². The lowest BCUT2D eigenvalue weighted by Crippen LogP contribution is -2.54. The maximum Gasteiger partial charge on any atom is 0.160 e. The van der Waals surface area contributed by atoms with Crippen molar-refractivity contribution < 1.29 is 30.3 Å². The van der Waals surface area contributed by atoms with E-state index in [0.29, 0.717) is 19.3 Å². The minimum atomic E-state index is -1.31. The lowest BCUT2D eigenvalue weighted by molar-refractivity contribution is -0.137. The molecule has 0 aromatic heterocycles. The number of allylic oxidation sites excluding steroid dienone is 4. The molecule has 0 spiro atoms. The smallest absolute Gasteiger partial charge is 0.160 e. The Hall–Kier alpha value is -1.05. The fourth-order valence-electron chi connectivity index (χ4n) is 7.73. The predicted molar refractivity (Wildman–Crippen MR) is 125 cm³/mol. The average Bonchev–Trinajstić information content (AvgIpc) is 3.06. The zero-order valence-corrected chi connectivity index (χ0v) is 20.7. The Morgan fingerprint density at radius 3 is 2.39 bits per heavy atom. The van der Waals surface area contributed by atoms with Crippen molar-refractivity contribution in [2.45, 2.75) is 109 Å². The largest absolute Gasteiger partial charge is 0.390 e. The van der Waals surface area contributed by atoms with Gasteiger partial charge in [0.1, 0.15) is 0 Å². The van der Waals surface area contributed by atoms with Gasteiger partial charge >= 0.3 is 0 Å². The minimum Gasteiger partial charge on any atom is -0.390 e. The Balaban J connectivity index is 1.64. The van der Waals surface area contributed by atoms with Crippen LogP contribution >= 0.6 is 0 Å². The summed E-state index contributed by atoms with van der Waals surface area (Å²) in [4.78, 5) is 13.2. The third kappa shape index (κ3) is 3.96. The third-order valence-electron chi connectivity index (χ3n) is 9.76. The van der Waals surface area contributed by atoms with E-state index in [2.05, 4.69) is 19.9 Å². The fraction of sp³-hybridized carbons (Fsp3) is 0.815. The highest BCUT2D eigenvalue weighted by molar-refractivity contribution is 5.96. The third-order valence-corrected chi connectivity index (χ3v) is 9.76. The van der Waals surface area contributed by atoms with Gasteiger partial charge in [-0.1, -0.05) is 19.9 Å². The van der Waals surface area contributed by atoms with Crippen LogP contribution in [0.3, 0.4) is 0 Å². The molecular weight excluding hydrogens is 420 g/mol. The SMILES string of the molecule is CC(C)(O)CC[C@@H](O)[C@](C)(O)[C@H]1CC[C@H]2C3=CC(=O)[C@@H]4C[C@@H](O)[C@@H](O)C[C@]4(C)C3=CC[C@]12C. The van der Waals surface area contributed by atoms with Crippen molar-refractivity contribution in [3.8, 4) is 0 Å². The van der Waals surface area contributed by atoms with Crippen LogP contribution in [-0.4, -0.2) is 60.8 Å². The first kappa shape index (κ1) is 25.1. The first-order valence-electron chi connectivity index (χ1n) is 12.6. The van der Waals surface area contributed by atoms with E-state index in [1.165, 1.54) is 0 Å². The summed E-state index contributed by atoms with van der Waals surface area (Å²) in [6.45, 7) is 9.34. The average molecular weight is 463 g/mol. The number of hydrogen-bond acceptors (Lipinski definition) is 6. The highest BCUT2D eigenvalue weighted by atomic mass is 16.3. The molecule has 0 aliphatic heterocycles. The van der Waals surface area contributed by atoms with Crippen molar-refractivity contribution in [3.05, 3.63) is 23.3 Å². The molecule has 0 aromatic rings. The zero-order chi connectivity index (χ0) is 24.6. The molecule has 186 valence electrons. The highest BCUT2D eigenvalue weighted by Gasteiger charge is 2.61. The van der Waals surface area contributed by atoms with Crippen LogP contribution in [0.15, 0.2) is 23.3 Å². The molecule has 0 radical (unpaired) electrons. The number of carbonyl (C=O) groups is 1. The Labute approximate surface area is 197 Å². The van der Waals surface area contributed by atoms with Crippen molar-refractivity contribution in [2.24, 2.45) is 28.6 Å². The van der Waals surface area contributed by atoms with Gasteiger partial charge < -0.3 is 25.5 Å². The van der Waals surface area contributed by atoms with Crippen molar-refractivity contribution in [1.29, 1.82) is 0 Å². The van der Waals surface area contributed by atoms with Crippen molar-refractivity contribution >= 4 is 5.78 Å². The Bertz CT molecular complexity index is 866. The molecule has 2 saturated carbocycles. The van der Waals surface area contributed by atoms with E-state index in [-0.39, 0.29) is 35.4 Å². The normalized spacial score (nSPS) is 43.6. The monoisotopic (exact) mass is 462 g/mol. The molecule has 4 rings (SSSR count).